The smallest absolute Gasteiger partial charge is 0.287 e. The third kappa shape index (κ3) is 2.53. The maximum atomic E-state index is 12.5. The minimum atomic E-state index is -0.718. The van der Waals surface area contributed by atoms with Crippen LogP contribution in [0.1, 0.15) is 43.2 Å². The average Bonchev–Trinajstić information content (AvgIpc) is 3.15. The molecule has 1 N–H and O–H groups in total. The average molecular weight is 281 g/mol. The van der Waals surface area contributed by atoms with Crippen molar-refractivity contribution in [2.24, 2.45) is 0 Å². The molecule has 0 saturated heterocycles. The van der Waals surface area contributed by atoms with Crippen LogP contribution in [0.3, 0.4) is 0 Å². The largest absolute Gasteiger partial charge is 0.394 e. The number of amides is 1. The summed E-state index contributed by atoms with van der Waals surface area (Å²) in [6, 6.07) is 1.48. The molecular formula is C13H19N3O4. The van der Waals surface area contributed by atoms with Crippen LogP contribution >= 0.6 is 0 Å². The molecular weight excluding hydrogens is 262 g/mol. The van der Waals surface area contributed by atoms with Crippen LogP contribution in [0.2, 0.25) is 0 Å². The van der Waals surface area contributed by atoms with Crippen molar-refractivity contribution in [3.05, 3.63) is 28.1 Å². The zero-order chi connectivity index (χ0) is 15.1. The highest BCUT2D eigenvalue weighted by Crippen LogP contribution is 2.38. The van der Waals surface area contributed by atoms with Gasteiger partial charge in [-0.1, -0.05) is 0 Å². The van der Waals surface area contributed by atoms with Crippen LogP contribution in [0.4, 0.5) is 5.69 Å². The lowest BCUT2D eigenvalue weighted by Gasteiger charge is -2.34. The Hall–Kier alpha value is -1.89. The number of hydrogen-bond acceptors (Lipinski definition) is 4. The number of aromatic nitrogens is 1. The van der Waals surface area contributed by atoms with Gasteiger partial charge in [0.1, 0.15) is 5.69 Å². The fraction of sp³-hybridized carbons (Fsp3) is 0.615. The van der Waals surface area contributed by atoms with E-state index in [1.807, 2.05) is 0 Å². The maximum absolute atomic E-state index is 12.5. The number of nitro groups is 1. The summed E-state index contributed by atoms with van der Waals surface area (Å²) in [7, 11) is 1.59. The van der Waals surface area contributed by atoms with Gasteiger partial charge in [-0.25, -0.2) is 0 Å². The van der Waals surface area contributed by atoms with Gasteiger partial charge in [0, 0.05) is 19.2 Å². The van der Waals surface area contributed by atoms with Gasteiger partial charge in [0.05, 0.1) is 23.3 Å². The zero-order valence-corrected chi connectivity index (χ0v) is 11.9. The second-order valence-corrected chi connectivity index (χ2v) is 5.81. The molecule has 1 aliphatic carbocycles. The molecule has 1 amide bonds. The van der Waals surface area contributed by atoms with Crippen LogP contribution in [0.5, 0.6) is 0 Å². The molecule has 0 spiro atoms. The summed E-state index contributed by atoms with van der Waals surface area (Å²) >= 11 is 0. The first kappa shape index (κ1) is 14.5. The normalized spacial score (nSPS) is 15.2. The van der Waals surface area contributed by atoms with Crippen molar-refractivity contribution in [3.8, 4) is 0 Å². The Labute approximate surface area is 116 Å². The van der Waals surface area contributed by atoms with Gasteiger partial charge in [-0.2, -0.15) is 0 Å². The Kier molecular flexibility index (Phi) is 3.56. The first-order chi connectivity index (χ1) is 9.27. The molecule has 110 valence electrons. The van der Waals surface area contributed by atoms with E-state index >= 15 is 0 Å². The van der Waals surface area contributed by atoms with Gasteiger partial charge >= 0.3 is 0 Å². The molecule has 1 aliphatic rings. The molecule has 1 aromatic heterocycles. The molecule has 0 atom stereocenters. The summed E-state index contributed by atoms with van der Waals surface area (Å²) in [6.07, 6.45) is 3.28. The van der Waals surface area contributed by atoms with E-state index in [-0.39, 0.29) is 24.2 Å². The van der Waals surface area contributed by atoms with E-state index in [0.29, 0.717) is 5.69 Å². The molecule has 0 radical (unpaired) electrons. The number of likely N-dealkylation sites (N-methyl/N-ethyl adjacent to an activating group) is 1. The van der Waals surface area contributed by atoms with E-state index in [0.717, 1.165) is 12.8 Å². The number of carbonyl (C=O) groups excluding carboxylic acids is 1. The van der Waals surface area contributed by atoms with Crippen molar-refractivity contribution in [2.75, 3.05) is 13.7 Å². The van der Waals surface area contributed by atoms with Crippen molar-refractivity contribution in [2.45, 2.75) is 38.3 Å². The molecule has 7 heteroatoms. The number of carbonyl (C=O) groups is 1. The van der Waals surface area contributed by atoms with Gasteiger partial charge in [0.15, 0.2) is 0 Å². The molecule has 1 aromatic rings. The monoisotopic (exact) mass is 281 g/mol. The third-order valence-corrected chi connectivity index (χ3v) is 3.80. The quantitative estimate of drug-likeness (QED) is 0.655. The summed E-state index contributed by atoms with van der Waals surface area (Å²) in [5.41, 5.74) is -0.483. The SMILES string of the molecule is CN(C(=O)c1cc([N+](=O)[O-])cn1C1CC1)C(C)(C)CO. The van der Waals surface area contributed by atoms with Gasteiger partial charge in [-0.05, 0) is 26.7 Å². The van der Waals surface area contributed by atoms with Crippen molar-refractivity contribution >= 4 is 11.6 Å². The molecule has 1 fully saturated rings. The summed E-state index contributed by atoms with van der Waals surface area (Å²) in [6.45, 7) is 3.30. The van der Waals surface area contributed by atoms with E-state index in [1.54, 1.807) is 25.5 Å². The van der Waals surface area contributed by atoms with Crippen molar-refractivity contribution in [3.63, 3.8) is 0 Å². The Morgan fingerprint density at radius 2 is 2.20 bits per heavy atom. The highest BCUT2D eigenvalue weighted by molar-refractivity contribution is 5.94. The fourth-order valence-electron chi connectivity index (χ4n) is 1.94. The van der Waals surface area contributed by atoms with Gasteiger partial charge in [-0.15, -0.1) is 0 Å². The third-order valence-electron chi connectivity index (χ3n) is 3.80. The van der Waals surface area contributed by atoms with Crippen LogP contribution in [0, 0.1) is 10.1 Å². The number of rotatable bonds is 5. The molecule has 0 bridgehead atoms. The van der Waals surface area contributed by atoms with Gasteiger partial charge in [0.25, 0.3) is 11.6 Å². The lowest BCUT2D eigenvalue weighted by Crippen LogP contribution is -2.48. The topological polar surface area (TPSA) is 88.6 Å². The van der Waals surface area contributed by atoms with Crippen LogP contribution < -0.4 is 0 Å². The van der Waals surface area contributed by atoms with Crippen LogP contribution in [0.25, 0.3) is 0 Å². The predicted octanol–water partition coefficient (Wildman–Crippen LogP) is 1.57. The Morgan fingerprint density at radius 1 is 1.60 bits per heavy atom. The first-order valence-electron chi connectivity index (χ1n) is 6.53. The van der Waals surface area contributed by atoms with Gasteiger partial charge in [0.2, 0.25) is 0 Å². The summed E-state index contributed by atoms with van der Waals surface area (Å²) in [4.78, 5) is 24.3. The number of aliphatic hydroxyl groups excluding tert-OH is 1. The zero-order valence-electron chi connectivity index (χ0n) is 11.9. The van der Waals surface area contributed by atoms with E-state index in [2.05, 4.69) is 0 Å². The van der Waals surface area contributed by atoms with E-state index in [1.165, 1.54) is 17.2 Å². The van der Waals surface area contributed by atoms with Crippen molar-refractivity contribution in [1.29, 1.82) is 0 Å². The second-order valence-electron chi connectivity index (χ2n) is 5.81. The molecule has 20 heavy (non-hydrogen) atoms. The number of nitrogens with zero attached hydrogens (tertiary/aromatic N) is 3. The van der Waals surface area contributed by atoms with E-state index < -0.39 is 10.5 Å². The molecule has 0 aliphatic heterocycles. The van der Waals surface area contributed by atoms with Crippen LogP contribution in [0.15, 0.2) is 12.3 Å². The summed E-state index contributed by atoms with van der Waals surface area (Å²) < 4.78 is 1.68. The Bertz CT molecular complexity index is 546. The molecule has 0 aromatic carbocycles. The highest BCUT2D eigenvalue weighted by Gasteiger charge is 2.34. The van der Waals surface area contributed by atoms with E-state index in [9.17, 15) is 20.0 Å². The van der Waals surface area contributed by atoms with Crippen molar-refractivity contribution in [1.82, 2.24) is 9.47 Å². The van der Waals surface area contributed by atoms with Gasteiger partial charge in [-0.3, -0.25) is 14.9 Å². The summed E-state index contributed by atoms with van der Waals surface area (Å²) in [5.74, 6) is -0.316. The molecule has 2 rings (SSSR count). The standard InChI is InChI=1S/C13H19N3O4/c1-13(2,8-17)14(3)12(18)11-6-10(16(19)20)7-15(11)9-4-5-9/h6-7,9,17H,4-5,8H2,1-3H3. The second kappa shape index (κ2) is 4.90. The Balaban J connectivity index is 2.36. The minimum absolute atomic E-state index is 0.0737. The molecule has 1 heterocycles. The van der Waals surface area contributed by atoms with Crippen molar-refractivity contribution < 1.29 is 14.8 Å². The molecule has 0 unspecified atom stereocenters. The predicted molar refractivity (Wildman–Crippen MR) is 72.6 cm³/mol. The Morgan fingerprint density at radius 3 is 2.65 bits per heavy atom. The fourth-order valence-corrected chi connectivity index (χ4v) is 1.94. The maximum Gasteiger partial charge on any atom is 0.287 e. The minimum Gasteiger partial charge on any atom is -0.394 e. The summed E-state index contributed by atoms with van der Waals surface area (Å²) in [5, 5.41) is 20.2. The highest BCUT2D eigenvalue weighted by atomic mass is 16.6. The molecule has 1 saturated carbocycles. The lowest BCUT2D eigenvalue weighted by molar-refractivity contribution is -0.384. The van der Waals surface area contributed by atoms with Crippen LogP contribution in [-0.4, -0.2) is 44.6 Å². The first-order valence-corrected chi connectivity index (χ1v) is 6.53. The number of hydrogen-bond donors (Lipinski definition) is 1. The molecule has 7 nitrogen and oxygen atoms in total. The van der Waals surface area contributed by atoms with E-state index in [4.69, 9.17) is 0 Å². The van der Waals surface area contributed by atoms with Crippen LogP contribution in [-0.2, 0) is 0 Å². The lowest BCUT2D eigenvalue weighted by atomic mass is 10.0. The van der Waals surface area contributed by atoms with Gasteiger partial charge < -0.3 is 14.6 Å². The number of aliphatic hydroxyl groups is 1.